The van der Waals surface area contributed by atoms with Crippen molar-refractivity contribution in [1.29, 1.82) is 0 Å². The van der Waals surface area contributed by atoms with Gasteiger partial charge in [0.2, 0.25) is 15.9 Å². The van der Waals surface area contributed by atoms with E-state index in [1.807, 2.05) is 0 Å². The zero-order valence-electron chi connectivity index (χ0n) is 11.4. The molecule has 2 heterocycles. The van der Waals surface area contributed by atoms with Gasteiger partial charge in [0.05, 0.1) is 10.8 Å². The number of rotatable bonds is 2. The van der Waals surface area contributed by atoms with Crippen molar-refractivity contribution in [2.24, 2.45) is 0 Å². The summed E-state index contributed by atoms with van der Waals surface area (Å²) in [5.41, 5.74) is 1.49. The molecule has 0 saturated carbocycles. The Morgan fingerprint density at radius 3 is 2.60 bits per heavy atom. The van der Waals surface area contributed by atoms with Gasteiger partial charge in [-0.05, 0) is 43.5 Å². The molecule has 0 aliphatic carbocycles. The van der Waals surface area contributed by atoms with E-state index in [2.05, 4.69) is 5.32 Å². The number of nitrogens with zero attached hydrogens (tertiary/aromatic N) is 1. The van der Waals surface area contributed by atoms with E-state index in [1.165, 1.54) is 0 Å². The maximum absolute atomic E-state index is 12.6. The van der Waals surface area contributed by atoms with Gasteiger partial charge in [0.1, 0.15) is 0 Å². The Kier molecular flexibility index (Phi) is 3.30. The molecule has 2 aliphatic rings. The predicted octanol–water partition coefficient (Wildman–Crippen LogP) is 1.92. The van der Waals surface area contributed by atoms with Crippen LogP contribution in [0.4, 0.5) is 5.69 Å². The van der Waals surface area contributed by atoms with Crippen LogP contribution in [0.25, 0.3) is 0 Å². The first kappa shape index (κ1) is 13.6. The fraction of sp³-hybridized carbons (Fsp3) is 0.500. The average Bonchev–Trinajstić information content (AvgIpc) is 2.75. The Morgan fingerprint density at radius 1 is 1.20 bits per heavy atom. The molecule has 6 heteroatoms. The second-order valence-corrected chi connectivity index (χ2v) is 7.36. The highest BCUT2D eigenvalue weighted by Gasteiger charge is 2.31. The summed E-state index contributed by atoms with van der Waals surface area (Å²) in [4.78, 5) is 11.9. The van der Waals surface area contributed by atoms with Crippen LogP contribution in [0.5, 0.6) is 0 Å². The van der Waals surface area contributed by atoms with Gasteiger partial charge in [-0.1, -0.05) is 6.42 Å². The summed E-state index contributed by atoms with van der Waals surface area (Å²) in [5, 5.41) is 2.76. The monoisotopic (exact) mass is 294 g/mol. The highest BCUT2D eigenvalue weighted by Crippen LogP contribution is 2.34. The standard InChI is InChI=1S/C14H18N2O3S/c1-10-12-9-11(5-6-13(12)15-14(10)17)20(18,19)16-7-3-2-4-8-16/h5-6,9-10H,2-4,7-8H2,1H3,(H,15,17)/t10-/m0/s1. The SMILES string of the molecule is C[C@@H]1C(=O)Nc2ccc(S(=O)(=O)N3CCCCC3)cc21. The summed E-state index contributed by atoms with van der Waals surface area (Å²) < 4.78 is 26.7. The minimum absolute atomic E-state index is 0.0764. The van der Waals surface area contributed by atoms with E-state index in [0.29, 0.717) is 18.0 Å². The molecule has 0 aromatic heterocycles. The lowest BCUT2D eigenvalue weighted by molar-refractivity contribution is -0.116. The number of nitrogens with one attached hydrogen (secondary N) is 1. The average molecular weight is 294 g/mol. The van der Waals surface area contributed by atoms with Gasteiger partial charge in [0.15, 0.2) is 0 Å². The number of hydrogen-bond donors (Lipinski definition) is 1. The largest absolute Gasteiger partial charge is 0.325 e. The number of carbonyl (C=O) groups is 1. The van der Waals surface area contributed by atoms with E-state index in [1.54, 1.807) is 29.4 Å². The Balaban J connectivity index is 1.97. The van der Waals surface area contributed by atoms with E-state index in [4.69, 9.17) is 0 Å². The van der Waals surface area contributed by atoms with Gasteiger partial charge < -0.3 is 5.32 Å². The van der Waals surface area contributed by atoms with Gasteiger partial charge in [0.25, 0.3) is 0 Å². The number of benzene rings is 1. The van der Waals surface area contributed by atoms with Crippen molar-refractivity contribution in [2.75, 3.05) is 18.4 Å². The lowest BCUT2D eigenvalue weighted by Crippen LogP contribution is -2.35. The zero-order valence-corrected chi connectivity index (χ0v) is 12.2. The van der Waals surface area contributed by atoms with E-state index in [-0.39, 0.29) is 11.8 Å². The molecule has 1 aromatic carbocycles. The van der Waals surface area contributed by atoms with E-state index in [0.717, 1.165) is 30.5 Å². The summed E-state index contributed by atoms with van der Waals surface area (Å²) in [6.45, 7) is 2.97. The van der Waals surface area contributed by atoms with Gasteiger partial charge in [-0.15, -0.1) is 0 Å². The van der Waals surface area contributed by atoms with Crippen molar-refractivity contribution in [3.05, 3.63) is 23.8 Å². The number of hydrogen-bond acceptors (Lipinski definition) is 3. The van der Waals surface area contributed by atoms with Crippen molar-refractivity contribution in [3.8, 4) is 0 Å². The van der Waals surface area contributed by atoms with E-state index in [9.17, 15) is 13.2 Å². The molecule has 5 nitrogen and oxygen atoms in total. The lowest BCUT2D eigenvalue weighted by Gasteiger charge is -2.26. The van der Waals surface area contributed by atoms with Gasteiger partial charge in [-0.3, -0.25) is 4.79 Å². The van der Waals surface area contributed by atoms with Crippen LogP contribution < -0.4 is 5.32 Å². The Labute approximate surface area is 119 Å². The molecule has 0 radical (unpaired) electrons. The van der Waals surface area contributed by atoms with Crippen LogP contribution >= 0.6 is 0 Å². The number of piperidine rings is 1. The van der Waals surface area contributed by atoms with Crippen LogP contribution in [0.2, 0.25) is 0 Å². The molecule has 1 fully saturated rings. The topological polar surface area (TPSA) is 66.5 Å². The normalized spacial score (nSPS) is 23.4. The molecule has 0 bridgehead atoms. The number of fused-ring (bicyclic) bond motifs is 1. The molecular weight excluding hydrogens is 276 g/mol. The number of amides is 1. The van der Waals surface area contributed by atoms with Crippen LogP contribution in [0.3, 0.4) is 0 Å². The van der Waals surface area contributed by atoms with Crippen LogP contribution in [-0.4, -0.2) is 31.7 Å². The smallest absolute Gasteiger partial charge is 0.243 e. The van der Waals surface area contributed by atoms with Crippen LogP contribution in [0.15, 0.2) is 23.1 Å². The fourth-order valence-electron chi connectivity index (χ4n) is 2.81. The third kappa shape index (κ3) is 2.13. The Hall–Kier alpha value is -1.40. The van der Waals surface area contributed by atoms with Crippen molar-refractivity contribution < 1.29 is 13.2 Å². The predicted molar refractivity (Wildman–Crippen MR) is 76.1 cm³/mol. The van der Waals surface area contributed by atoms with Crippen molar-refractivity contribution in [3.63, 3.8) is 0 Å². The highest BCUT2D eigenvalue weighted by molar-refractivity contribution is 7.89. The molecular formula is C14H18N2O3S. The Morgan fingerprint density at radius 2 is 1.90 bits per heavy atom. The molecule has 0 unspecified atom stereocenters. The van der Waals surface area contributed by atoms with Crippen molar-refractivity contribution in [1.82, 2.24) is 4.31 Å². The molecule has 1 saturated heterocycles. The minimum atomic E-state index is -3.43. The summed E-state index contributed by atoms with van der Waals surface area (Å²) in [6, 6.07) is 4.91. The molecule has 0 spiro atoms. The van der Waals surface area contributed by atoms with Gasteiger partial charge >= 0.3 is 0 Å². The quantitative estimate of drug-likeness (QED) is 0.906. The summed E-state index contributed by atoms with van der Waals surface area (Å²) in [5.74, 6) is -0.367. The first-order chi connectivity index (χ1) is 9.50. The minimum Gasteiger partial charge on any atom is -0.325 e. The molecule has 2 aliphatic heterocycles. The van der Waals surface area contributed by atoms with Crippen LogP contribution in [0, 0.1) is 0 Å². The molecule has 108 valence electrons. The van der Waals surface area contributed by atoms with E-state index < -0.39 is 10.0 Å². The van der Waals surface area contributed by atoms with Crippen LogP contribution in [0.1, 0.15) is 37.7 Å². The molecule has 1 atom stereocenters. The first-order valence-corrected chi connectivity index (χ1v) is 8.39. The highest BCUT2D eigenvalue weighted by atomic mass is 32.2. The van der Waals surface area contributed by atoms with Gasteiger partial charge in [-0.25, -0.2) is 8.42 Å². The van der Waals surface area contributed by atoms with Gasteiger partial charge in [0, 0.05) is 18.8 Å². The maximum Gasteiger partial charge on any atom is 0.243 e. The molecule has 20 heavy (non-hydrogen) atoms. The maximum atomic E-state index is 12.6. The fourth-order valence-corrected chi connectivity index (χ4v) is 4.36. The molecule has 1 aromatic rings. The van der Waals surface area contributed by atoms with Crippen molar-refractivity contribution >= 4 is 21.6 Å². The van der Waals surface area contributed by atoms with Crippen molar-refractivity contribution in [2.45, 2.75) is 37.0 Å². The molecule has 3 rings (SSSR count). The summed E-state index contributed by atoms with van der Waals surface area (Å²) in [6.07, 6.45) is 2.92. The number of anilines is 1. The third-order valence-electron chi connectivity index (χ3n) is 4.09. The lowest BCUT2D eigenvalue weighted by atomic mass is 10.0. The Bertz CT molecular complexity index is 648. The number of sulfonamides is 1. The zero-order chi connectivity index (χ0) is 14.3. The first-order valence-electron chi connectivity index (χ1n) is 6.95. The van der Waals surface area contributed by atoms with Gasteiger partial charge in [-0.2, -0.15) is 4.31 Å². The summed E-state index contributed by atoms with van der Waals surface area (Å²) >= 11 is 0. The number of carbonyl (C=O) groups excluding carboxylic acids is 1. The molecule has 1 N–H and O–H groups in total. The van der Waals surface area contributed by atoms with E-state index >= 15 is 0 Å². The second-order valence-electron chi connectivity index (χ2n) is 5.42. The molecule has 1 amide bonds. The second kappa shape index (κ2) is 4.86. The summed E-state index contributed by atoms with van der Waals surface area (Å²) in [7, 11) is -3.43. The van der Waals surface area contributed by atoms with Crippen LogP contribution in [-0.2, 0) is 14.8 Å². The third-order valence-corrected chi connectivity index (χ3v) is 5.99.